The monoisotopic (exact) mass is 662 g/mol. The van der Waals surface area contributed by atoms with Gasteiger partial charge in [0.25, 0.3) is 0 Å². The van der Waals surface area contributed by atoms with Crippen LogP contribution in [0, 0.1) is 52.3 Å². The molecule has 6 fully saturated rings. The Hall–Kier alpha value is -2.65. The lowest BCUT2D eigenvalue weighted by molar-refractivity contribution is -0.272. The fourth-order valence-corrected chi connectivity index (χ4v) is 12.0. The van der Waals surface area contributed by atoms with E-state index in [0.29, 0.717) is 54.8 Å². The summed E-state index contributed by atoms with van der Waals surface area (Å²) in [6.07, 6.45) is 9.46. The zero-order valence-corrected chi connectivity index (χ0v) is 29.2. The van der Waals surface area contributed by atoms with Gasteiger partial charge in [-0.25, -0.2) is 0 Å². The third kappa shape index (κ3) is 5.19. The number of Topliss-reactive ketones (excluding diaryl/α,β-unsaturated/α-hetero) is 1. The van der Waals surface area contributed by atoms with Crippen LogP contribution in [0.5, 0.6) is 11.5 Å². The molecule has 48 heavy (non-hydrogen) atoms. The first-order valence-corrected chi connectivity index (χ1v) is 18.8. The van der Waals surface area contributed by atoms with Crippen LogP contribution in [-0.2, 0) is 30.3 Å². The predicted octanol–water partition coefficient (Wildman–Crippen LogP) is 5.57. The lowest BCUT2D eigenvalue weighted by Gasteiger charge is -2.60. The van der Waals surface area contributed by atoms with Gasteiger partial charge in [-0.3, -0.25) is 14.4 Å². The van der Waals surface area contributed by atoms with E-state index in [2.05, 4.69) is 38.3 Å². The van der Waals surface area contributed by atoms with Gasteiger partial charge in [0, 0.05) is 42.7 Å². The van der Waals surface area contributed by atoms with Gasteiger partial charge in [0.2, 0.25) is 18.6 Å². The second-order valence-electron chi connectivity index (χ2n) is 17.0. The molecule has 262 valence electrons. The Kier molecular flexibility index (Phi) is 8.13. The van der Waals surface area contributed by atoms with Crippen molar-refractivity contribution in [3.05, 3.63) is 23.8 Å². The summed E-state index contributed by atoms with van der Waals surface area (Å²) in [4.78, 5) is 39.9. The summed E-state index contributed by atoms with van der Waals surface area (Å²) < 4.78 is 24.1. The van der Waals surface area contributed by atoms with Crippen LogP contribution in [0.4, 0.5) is 0 Å². The van der Waals surface area contributed by atoms with Crippen molar-refractivity contribution in [3.8, 4) is 11.5 Å². The maximum Gasteiger partial charge on any atom is 0.231 e. The molecule has 4 aliphatic carbocycles. The number of ether oxygens (including phenoxy) is 4. The molecule has 7 aliphatic rings. The Balaban J connectivity index is 0.851. The molecule has 1 aromatic rings. The SMILES string of the molecule is C[C@@H]1CC[C@@]2(OC1)O[C@H]1C[C@H]3[C@@H]4CC[C@H]5C[C@H](NC(=O)CC(=O)NCCc6ccc7c(c6)OCO7)CC[C@]5(C)[C@H]4CC(=O)[C@]3(C)[C@H]1[C@@H]2C. The predicted molar refractivity (Wildman–Crippen MR) is 178 cm³/mol. The number of ketones is 1. The summed E-state index contributed by atoms with van der Waals surface area (Å²) in [7, 11) is 0. The van der Waals surface area contributed by atoms with E-state index < -0.39 is 5.79 Å². The molecule has 0 bridgehead atoms. The number of carbonyl (C=O) groups excluding carboxylic acids is 3. The lowest BCUT2D eigenvalue weighted by atomic mass is 9.44. The highest BCUT2D eigenvalue weighted by atomic mass is 16.7. The fourth-order valence-electron chi connectivity index (χ4n) is 12.0. The van der Waals surface area contributed by atoms with Gasteiger partial charge in [0.15, 0.2) is 17.3 Å². The van der Waals surface area contributed by atoms with Crippen LogP contribution in [0.15, 0.2) is 18.2 Å². The first-order chi connectivity index (χ1) is 23.0. The zero-order chi connectivity index (χ0) is 33.4. The molecule has 2 saturated heterocycles. The normalized spacial score (nSPS) is 44.0. The average molecular weight is 663 g/mol. The largest absolute Gasteiger partial charge is 0.454 e. The second-order valence-corrected chi connectivity index (χ2v) is 17.0. The lowest BCUT2D eigenvalue weighted by Crippen LogP contribution is -2.59. The number of benzene rings is 1. The smallest absolute Gasteiger partial charge is 0.231 e. The summed E-state index contributed by atoms with van der Waals surface area (Å²) in [6, 6.07) is 5.86. The molecule has 8 rings (SSSR count). The molecule has 3 aliphatic heterocycles. The van der Waals surface area contributed by atoms with Gasteiger partial charge in [-0.2, -0.15) is 0 Å². The van der Waals surface area contributed by atoms with Crippen molar-refractivity contribution in [3.63, 3.8) is 0 Å². The van der Waals surface area contributed by atoms with Crippen molar-refractivity contribution in [1.82, 2.24) is 10.6 Å². The minimum absolute atomic E-state index is 0.0765. The summed E-state index contributed by atoms with van der Waals surface area (Å²) in [5.41, 5.74) is 0.811. The summed E-state index contributed by atoms with van der Waals surface area (Å²) in [5.74, 6) is 3.78. The molecule has 4 saturated carbocycles. The van der Waals surface area contributed by atoms with E-state index in [1.807, 2.05) is 18.2 Å². The quantitative estimate of drug-likeness (QED) is 0.383. The van der Waals surface area contributed by atoms with Crippen LogP contribution in [0.25, 0.3) is 0 Å². The second kappa shape index (κ2) is 12.0. The first-order valence-electron chi connectivity index (χ1n) is 18.8. The van der Waals surface area contributed by atoms with E-state index in [1.54, 1.807) is 0 Å². The number of hydrogen-bond donors (Lipinski definition) is 2. The van der Waals surface area contributed by atoms with Crippen LogP contribution in [0.2, 0.25) is 0 Å². The van der Waals surface area contributed by atoms with Crippen LogP contribution in [0.1, 0.15) is 97.5 Å². The molecule has 0 unspecified atom stereocenters. The highest BCUT2D eigenvalue weighted by molar-refractivity contribution is 5.97. The molecule has 9 nitrogen and oxygen atoms in total. The van der Waals surface area contributed by atoms with Gasteiger partial charge >= 0.3 is 0 Å². The van der Waals surface area contributed by atoms with Gasteiger partial charge in [-0.15, -0.1) is 0 Å². The third-order valence-corrected chi connectivity index (χ3v) is 14.7. The topological polar surface area (TPSA) is 112 Å². The number of carbonyl (C=O) groups is 3. The number of hydrogen-bond acceptors (Lipinski definition) is 7. The molecule has 1 spiro atoms. The van der Waals surface area contributed by atoms with Crippen LogP contribution < -0.4 is 20.1 Å². The number of nitrogens with one attached hydrogen (secondary N) is 2. The van der Waals surface area contributed by atoms with E-state index in [9.17, 15) is 14.4 Å². The van der Waals surface area contributed by atoms with E-state index in [4.69, 9.17) is 18.9 Å². The van der Waals surface area contributed by atoms with Gasteiger partial charge in [0.05, 0.1) is 12.7 Å². The molecule has 3 heterocycles. The minimum atomic E-state index is -0.506. The minimum Gasteiger partial charge on any atom is -0.454 e. The highest BCUT2D eigenvalue weighted by Gasteiger charge is 2.71. The summed E-state index contributed by atoms with van der Waals surface area (Å²) in [6.45, 7) is 10.7. The summed E-state index contributed by atoms with van der Waals surface area (Å²) >= 11 is 0. The molecule has 12 atom stereocenters. The molecule has 9 heteroatoms. The van der Waals surface area contributed by atoms with Crippen LogP contribution in [-0.4, -0.2) is 55.5 Å². The van der Waals surface area contributed by atoms with Gasteiger partial charge in [-0.1, -0.05) is 33.8 Å². The number of amides is 2. The van der Waals surface area contributed by atoms with E-state index >= 15 is 0 Å². The number of fused-ring (bicyclic) bond motifs is 8. The van der Waals surface area contributed by atoms with Crippen LogP contribution >= 0.6 is 0 Å². The maximum absolute atomic E-state index is 14.4. The van der Waals surface area contributed by atoms with Gasteiger partial charge in [0.1, 0.15) is 12.2 Å². The van der Waals surface area contributed by atoms with E-state index in [1.165, 1.54) is 0 Å². The van der Waals surface area contributed by atoms with Crippen molar-refractivity contribution in [2.24, 2.45) is 52.3 Å². The van der Waals surface area contributed by atoms with Gasteiger partial charge < -0.3 is 29.6 Å². The Morgan fingerprint density at radius 3 is 2.60 bits per heavy atom. The van der Waals surface area contributed by atoms with Gasteiger partial charge in [-0.05, 0) is 104 Å². The number of rotatable bonds is 6. The molecule has 0 radical (unpaired) electrons. The Morgan fingerprint density at radius 2 is 1.79 bits per heavy atom. The Bertz CT molecular complexity index is 1460. The molecule has 2 amide bonds. The molecule has 1 aromatic carbocycles. The zero-order valence-electron chi connectivity index (χ0n) is 29.2. The Labute approximate surface area is 284 Å². The summed E-state index contributed by atoms with van der Waals surface area (Å²) in [5, 5.41) is 6.09. The van der Waals surface area contributed by atoms with Crippen molar-refractivity contribution in [2.75, 3.05) is 19.9 Å². The molecule has 2 N–H and O–H groups in total. The maximum atomic E-state index is 14.4. The van der Waals surface area contributed by atoms with E-state index in [0.717, 1.165) is 75.0 Å². The molecular formula is C39H54N2O7. The van der Waals surface area contributed by atoms with Crippen molar-refractivity contribution < 1.29 is 33.3 Å². The van der Waals surface area contributed by atoms with Crippen molar-refractivity contribution in [1.29, 1.82) is 0 Å². The Morgan fingerprint density at radius 1 is 0.958 bits per heavy atom. The third-order valence-electron chi connectivity index (χ3n) is 14.7. The fraction of sp³-hybridized carbons (Fsp3) is 0.769. The molecular weight excluding hydrogens is 608 g/mol. The standard InChI is InChI=1S/C39H54N2O7/c1-22-9-13-39(47-20-22)23(2)36-32(48-39)17-29-27-7-6-25-16-26(10-12-37(25,3)28(27)18-33(42)38(29,36)4)41-35(44)19-34(43)40-14-11-24-5-8-30-31(15-24)46-21-45-30/h5,8,15,22-23,25-29,32,36H,6-7,9-14,16-21H2,1-4H3,(H,40,43)(H,41,44)/t22-,23+,25+,26-,27-,28+,29+,32+,36+,37+,38-,39-/m1/s1. The van der Waals surface area contributed by atoms with Crippen molar-refractivity contribution >= 4 is 17.6 Å². The van der Waals surface area contributed by atoms with E-state index in [-0.39, 0.29) is 59.8 Å². The highest BCUT2D eigenvalue weighted by Crippen LogP contribution is 2.70. The van der Waals surface area contributed by atoms with Crippen LogP contribution in [0.3, 0.4) is 0 Å². The molecule has 0 aromatic heterocycles. The van der Waals surface area contributed by atoms with Crippen molar-refractivity contribution in [2.45, 2.75) is 116 Å². The first kappa shape index (κ1) is 32.5. The average Bonchev–Trinajstić information content (AvgIpc) is 3.72.